The van der Waals surface area contributed by atoms with Crippen LogP contribution in [-0.4, -0.2) is 40.5 Å². The van der Waals surface area contributed by atoms with Crippen LogP contribution < -0.4 is 0 Å². The first-order chi connectivity index (χ1) is 11.0. The van der Waals surface area contributed by atoms with Crippen LogP contribution >= 0.6 is 0 Å². The molecule has 0 spiro atoms. The molecule has 2 aliphatic carbocycles. The Morgan fingerprint density at radius 2 is 2.17 bits per heavy atom. The van der Waals surface area contributed by atoms with Crippen LogP contribution in [0.2, 0.25) is 0 Å². The predicted molar refractivity (Wildman–Crippen MR) is 87.3 cm³/mol. The van der Waals surface area contributed by atoms with Crippen LogP contribution in [0.3, 0.4) is 0 Å². The smallest absolute Gasteiger partial charge is 0.159 e. The first kappa shape index (κ1) is 14.9. The number of benzene rings is 1. The van der Waals surface area contributed by atoms with Gasteiger partial charge in [0.25, 0.3) is 0 Å². The highest BCUT2D eigenvalue weighted by molar-refractivity contribution is 5.97. The van der Waals surface area contributed by atoms with Crippen molar-refractivity contribution in [3.8, 4) is 5.75 Å². The van der Waals surface area contributed by atoms with Gasteiger partial charge in [-0.1, -0.05) is 18.2 Å². The Bertz CT molecular complexity index is 724. The van der Waals surface area contributed by atoms with E-state index in [-0.39, 0.29) is 29.5 Å². The zero-order chi connectivity index (χ0) is 16.4. The molecular weight excluding hydrogens is 290 g/mol. The van der Waals surface area contributed by atoms with E-state index in [0.717, 1.165) is 36.1 Å². The van der Waals surface area contributed by atoms with Crippen LogP contribution in [0.15, 0.2) is 23.8 Å². The van der Waals surface area contributed by atoms with Crippen molar-refractivity contribution in [1.82, 2.24) is 4.90 Å². The Morgan fingerprint density at radius 1 is 1.39 bits per heavy atom. The number of piperidine rings is 1. The van der Waals surface area contributed by atoms with E-state index in [9.17, 15) is 15.0 Å². The summed E-state index contributed by atoms with van der Waals surface area (Å²) in [5, 5.41) is 20.3. The summed E-state index contributed by atoms with van der Waals surface area (Å²) in [7, 11) is 2.15. The summed E-state index contributed by atoms with van der Waals surface area (Å²) >= 11 is 0. The molecule has 1 aromatic carbocycles. The fraction of sp³-hybridized carbons (Fsp3) is 0.526. The molecule has 0 amide bonds. The molecule has 4 heteroatoms. The lowest BCUT2D eigenvalue weighted by atomic mass is 9.53. The largest absolute Gasteiger partial charge is 0.507 e. The molecule has 0 radical (unpaired) electrons. The lowest BCUT2D eigenvalue weighted by Gasteiger charge is -2.56. The number of ketones is 1. The van der Waals surface area contributed by atoms with E-state index in [4.69, 9.17) is 0 Å². The van der Waals surface area contributed by atoms with Gasteiger partial charge in [0.15, 0.2) is 5.78 Å². The van der Waals surface area contributed by atoms with Gasteiger partial charge in [0.05, 0.1) is 6.61 Å². The van der Waals surface area contributed by atoms with Gasteiger partial charge in [-0.15, -0.1) is 0 Å². The van der Waals surface area contributed by atoms with Gasteiger partial charge in [-0.05, 0) is 44.5 Å². The van der Waals surface area contributed by atoms with Crippen LogP contribution in [0.5, 0.6) is 5.75 Å². The summed E-state index contributed by atoms with van der Waals surface area (Å²) in [6, 6.07) is 4.21. The molecule has 0 aromatic heterocycles. The third-order valence-electron chi connectivity index (χ3n) is 6.32. The van der Waals surface area contributed by atoms with Gasteiger partial charge in [-0.2, -0.15) is 0 Å². The maximum Gasteiger partial charge on any atom is 0.159 e. The minimum atomic E-state index is -0.309. The number of likely N-dealkylation sites (N-methyl/N-ethyl adjacent to an activating group) is 1. The standard InChI is InChI=1S/C19H23NO3/c1-11-7-14-15-8-12-3-4-13(10-21)18(23)17(12)19(14,9-16(11)22)5-6-20(15)2/h3-4,7,14-15,21,23H,5-6,8-10H2,1-2H3/t14-,15+,19?/m1/s1. The number of likely N-dealkylation sites (tertiary alicyclic amines) is 1. The number of hydrogen-bond acceptors (Lipinski definition) is 4. The molecular formula is C19H23NO3. The molecule has 0 saturated carbocycles. The highest BCUT2D eigenvalue weighted by Crippen LogP contribution is 2.56. The number of allylic oxidation sites excluding steroid dienone is 1. The highest BCUT2D eigenvalue weighted by atomic mass is 16.3. The van der Waals surface area contributed by atoms with Crippen molar-refractivity contribution in [1.29, 1.82) is 0 Å². The van der Waals surface area contributed by atoms with Gasteiger partial charge >= 0.3 is 0 Å². The van der Waals surface area contributed by atoms with Crippen molar-refractivity contribution < 1.29 is 15.0 Å². The second-order valence-electron chi connectivity index (χ2n) is 7.40. The number of aromatic hydroxyl groups is 1. The van der Waals surface area contributed by atoms with Gasteiger partial charge in [0.1, 0.15) is 5.75 Å². The van der Waals surface area contributed by atoms with E-state index in [1.54, 1.807) is 0 Å². The van der Waals surface area contributed by atoms with E-state index >= 15 is 0 Å². The van der Waals surface area contributed by atoms with E-state index < -0.39 is 0 Å². The zero-order valence-corrected chi connectivity index (χ0v) is 13.7. The second-order valence-corrected chi connectivity index (χ2v) is 7.40. The van der Waals surface area contributed by atoms with Gasteiger partial charge in [0, 0.05) is 34.9 Å². The normalized spacial score (nSPS) is 33.0. The number of carbonyl (C=O) groups excluding carboxylic acids is 1. The fourth-order valence-corrected chi connectivity index (χ4v) is 5.03. The summed E-state index contributed by atoms with van der Waals surface area (Å²) < 4.78 is 0. The Kier molecular flexibility index (Phi) is 3.19. The minimum Gasteiger partial charge on any atom is -0.507 e. The monoisotopic (exact) mass is 313 g/mol. The summed E-state index contributed by atoms with van der Waals surface area (Å²) in [6.45, 7) is 2.67. The zero-order valence-electron chi connectivity index (χ0n) is 13.7. The SMILES string of the molecule is CC1=C[C@@H]2[C@@H]3Cc4ccc(CO)c(O)c4C2(CCN3C)CC1=O. The second kappa shape index (κ2) is 4.92. The molecule has 23 heavy (non-hydrogen) atoms. The van der Waals surface area contributed by atoms with Crippen molar-refractivity contribution in [3.05, 3.63) is 40.5 Å². The third-order valence-corrected chi connectivity index (χ3v) is 6.32. The summed E-state index contributed by atoms with van der Waals surface area (Å²) in [5.74, 6) is 0.649. The average molecular weight is 313 g/mol. The summed E-state index contributed by atoms with van der Waals surface area (Å²) in [4.78, 5) is 14.9. The lowest BCUT2D eigenvalue weighted by molar-refractivity contribution is -0.119. The average Bonchev–Trinajstić information content (AvgIpc) is 2.52. The third kappa shape index (κ3) is 1.88. The topological polar surface area (TPSA) is 60.8 Å². The van der Waals surface area contributed by atoms with Gasteiger partial charge < -0.3 is 15.1 Å². The summed E-state index contributed by atoms with van der Waals surface area (Å²) in [5.41, 5.74) is 3.17. The molecule has 3 atom stereocenters. The van der Waals surface area contributed by atoms with E-state index in [2.05, 4.69) is 18.0 Å². The van der Waals surface area contributed by atoms with Crippen molar-refractivity contribution in [2.75, 3.05) is 13.6 Å². The first-order valence-electron chi connectivity index (χ1n) is 8.35. The minimum absolute atomic E-state index is 0.175. The Balaban J connectivity index is 1.99. The van der Waals surface area contributed by atoms with Crippen molar-refractivity contribution in [2.24, 2.45) is 5.92 Å². The molecule has 1 unspecified atom stereocenters. The summed E-state index contributed by atoms with van der Waals surface area (Å²) in [6.07, 6.45) is 4.37. The molecule has 1 fully saturated rings. The van der Waals surface area contributed by atoms with E-state index in [0.29, 0.717) is 18.0 Å². The number of rotatable bonds is 1. The number of phenols is 1. The predicted octanol–water partition coefficient (Wildman–Crippen LogP) is 1.92. The number of fused-ring (bicyclic) bond motifs is 1. The maximum atomic E-state index is 12.5. The van der Waals surface area contributed by atoms with Crippen LogP contribution in [0, 0.1) is 5.92 Å². The molecule has 1 heterocycles. The van der Waals surface area contributed by atoms with Gasteiger partial charge in [0.2, 0.25) is 0 Å². The molecule has 1 aromatic rings. The Morgan fingerprint density at radius 3 is 2.91 bits per heavy atom. The van der Waals surface area contributed by atoms with Crippen LogP contribution in [0.4, 0.5) is 0 Å². The van der Waals surface area contributed by atoms with Crippen LogP contribution in [0.25, 0.3) is 0 Å². The molecule has 3 aliphatic rings. The van der Waals surface area contributed by atoms with Gasteiger partial charge in [-0.25, -0.2) is 0 Å². The van der Waals surface area contributed by atoms with Crippen LogP contribution in [0.1, 0.15) is 36.5 Å². The van der Waals surface area contributed by atoms with Gasteiger partial charge in [-0.3, -0.25) is 4.79 Å². The first-order valence-corrected chi connectivity index (χ1v) is 8.35. The molecule has 1 saturated heterocycles. The molecule has 2 bridgehead atoms. The Labute approximate surface area is 136 Å². The molecule has 4 rings (SSSR count). The molecule has 122 valence electrons. The number of carbonyl (C=O) groups is 1. The number of Topliss-reactive ketones (excluding diaryl/α,β-unsaturated/α-hetero) is 1. The molecule has 2 N–H and O–H groups in total. The highest BCUT2D eigenvalue weighted by Gasteiger charge is 2.55. The van der Waals surface area contributed by atoms with Crippen LogP contribution in [-0.2, 0) is 23.2 Å². The Hall–Kier alpha value is -1.65. The number of hydrogen-bond donors (Lipinski definition) is 2. The quantitative estimate of drug-likeness (QED) is 0.831. The van der Waals surface area contributed by atoms with Crippen molar-refractivity contribution in [2.45, 2.75) is 44.2 Å². The van der Waals surface area contributed by atoms with E-state index in [1.165, 1.54) is 0 Å². The number of aliphatic hydroxyl groups excluding tert-OH is 1. The molecule has 4 nitrogen and oxygen atoms in total. The lowest BCUT2D eigenvalue weighted by Crippen LogP contribution is -2.60. The number of aliphatic hydroxyl groups is 1. The maximum absolute atomic E-state index is 12.5. The number of nitrogens with zero attached hydrogens (tertiary/aromatic N) is 1. The fourth-order valence-electron chi connectivity index (χ4n) is 5.03. The van der Waals surface area contributed by atoms with Crippen molar-refractivity contribution >= 4 is 5.78 Å². The molecule has 1 aliphatic heterocycles. The van der Waals surface area contributed by atoms with E-state index in [1.807, 2.05) is 19.1 Å². The van der Waals surface area contributed by atoms with Crippen molar-refractivity contribution in [3.63, 3.8) is 0 Å².